The van der Waals surface area contributed by atoms with E-state index in [1.54, 1.807) is 37.4 Å². The Balaban J connectivity index is 1.70. The maximum atomic E-state index is 12.3. The molecule has 0 bridgehead atoms. The molecule has 2 amide bonds. The summed E-state index contributed by atoms with van der Waals surface area (Å²) < 4.78 is 6.55. The summed E-state index contributed by atoms with van der Waals surface area (Å²) in [6, 6.07) is 16.8. The number of hydrogen-bond donors (Lipinski definition) is 1. The van der Waals surface area contributed by atoms with E-state index >= 15 is 0 Å². The Morgan fingerprint density at radius 3 is 2.37 bits per heavy atom. The highest BCUT2D eigenvalue weighted by molar-refractivity contribution is 6.02. The van der Waals surface area contributed by atoms with Crippen molar-refractivity contribution in [2.75, 3.05) is 24.4 Å². The average molecular weight is 404 g/mol. The summed E-state index contributed by atoms with van der Waals surface area (Å²) in [6.07, 6.45) is 2.80. The Labute approximate surface area is 175 Å². The topological polar surface area (TPSA) is 76.5 Å². The fraction of sp³-hybridized carbons (Fsp3) is 0.174. The third-order valence-electron chi connectivity index (χ3n) is 4.72. The van der Waals surface area contributed by atoms with Crippen molar-refractivity contribution in [3.05, 3.63) is 77.6 Å². The smallest absolute Gasteiger partial charge is 0.413 e. The van der Waals surface area contributed by atoms with Crippen LogP contribution in [-0.2, 0) is 9.53 Å². The summed E-state index contributed by atoms with van der Waals surface area (Å²) in [5.41, 5.74) is 4.96. The molecule has 1 aromatic heterocycles. The Morgan fingerprint density at radius 2 is 1.73 bits per heavy atom. The molecule has 0 saturated heterocycles. The van der Waals surface area contributed by atoms with Crippen molar-refractivity contribution >= 4 is 29.5 Å². The zero-order valence-electron chi connectivity index (χ0n) is 17.4. The number of carbonyl (C=O) groups is 2. The van der Waals surface area contributed by atoms with E-state index in [1.807, 2.05) is 48.9 Å². The van der Waals surface area contributed by atoms with Gasteiger partial charge in [-0.25, -0.2) is 9.48 Å². The normalized spacial score (nSPS) is 10.8. The minimum atomic E-state index is -0.462. The molecule has 7 heteroatoms. The number of para-hydroxylation sites is 1. The first kappa shape index (κ1) is 20.9. The molecule has 0 fully saturated rings. The molecule has 0 spiro atoms. The number of nitrogens with one attached hydrogen (secondary N) is 1. The van der Waals surface area contributed by atoms with Crippen LogP contribution in [0.5, 0.6) is 0 Å². The SMILES string of the molecule is COC(=O)N(C)c1ccc(NC(=O)C=Cc2c(C)nn(-c3ccccc3)c2C)cc1. The standard InChI is InChI=1S/C23H24N4O3/c1-16-21(17(2)27(25-16)20-8-6-5-7-9-20)14-15-22(28)24-18-10-12-19(13-11-18)26(3)23(29)30-4/h5-15H,1-4H3,(H,24,28). The molecule has 7 nitrogen and oxygen atoms in total. The summed E-state index contributed by atoms with van der Waals surface area (Å²) in [7, 11) is 2.94. The molecular formula is C23H24N4O3. The number of benzene rings is 2. The van der Waals surface area contributed by atoms with E-state index in [9.17, 15) is 9.59 Å². The van der Waals surface area contributed by atoms with Crippen LogP contribution >= 0.6 is 0 Å². The Kier molecular flexibility index (Phi) is 6.32. The molecule has 2 aromatic carbocycles. The van der Waals surface area contributed by atoms with E-state index < -0.39 is 6.09 Å². The number of amides is 2. The number of nitrogens with zero attached hydrogens (tertiary/aromatic N) is 3. The largest absolute Gasteiger partial charge is 0.452 e. The van der Waals surface area contributed by atoms with Crippen LogP contribution in [0.1, 0.15) is 17.0 Å². The zero-order valence-corrected chi connectivity index (χ0v) is 17.4. The number of ether oxygens (including phenoxy) is 1. The highest BCUT2D eigenvalue weighted by atomic mass is 16.5. The molecule has 3 rings (SSSR count). The lowest BCUT2D eigenvalue weighted by molar-refractivity contribution is -0.111. The summed E-state index contributed by atoms with van der Waals surface area (Å²) in [5.74, 6) is -0.254. The lowest BCUT2D eigenvalue weighted by Crippen LogP contribution is -2.25. The lowest BCUT2D eigenvalue weighted by Gasteiger charge is -2.15. The summed E-state index contributed by atoms with van der Waals surface area (Å²) in [4.78, 5) is 25.3. The molecule has 3 aromatic rings. The maximum absolute atomic E-state index is 12.3. The quantitative estimate of drug-likeness (QED) is 0.642. The van der Waals surface area contributed by atoms with Gasteiger partial charge < -0.3 is 10.1 Å². The number of methoxy groups -OCH3 is 1. The monoisotopic (exact) mass is 404 g/mol. The van der Waals surface area contributed by atoms with Gasteiger partial charge in [-0.05, 0) is 56.3 Å². The number of hydrogen-bond acceptors (Lipinski definition) is 4. The molecule has 30 heavy (non-hydrogen) atoms. The molecule has 0 aliphatic heterocycles. The second-order valence-corrected chi connectivity index (χ2v) is 6.73. The average Bonchev–Trinajstić information content (AvgIpc) is 3.05. The fourth-order valence-corrected chi connectivity index (χ4v) is 3.07. The first-order chi connectivity index (χ1) is 14.4. The van der Waals surface area contributed by atoms with Crippen molar-refractivity contribution in [2.45, 2.75) is 13.8 Å². The van der Waals surface area contributed by atoms with Crippen LogP contribution in [0.15, 0.2) is 60.7 Å². The summed E-state index contributed by atoms with van der Waals surface area (Å²) >= 11 is 0. The highest BCUT2D eigenvalue weighted by Crippen LogP contribution is 2.20. The van der Waals surface area contributed by atoms with Crippen LogP contribution in [0.3, 0.4) is 0 Å². The minimum absolute atomic E-state index is 0.254. The molecule has 154 valence electrons. The molecule has 0 aliphatic rings. The molecule has 1 heterocycles. The van der Waals surface area contributed by atoms with Crippen LogP contribution in [0.2, 0.25) is 0 Å². The van der Waals surface area contributed by atoms with Crippen molar-refractivity contribution in [2.24, 2.45) is 0 Å². The molecular weight excluding hydrogens is 380 g/mol. The van der Waals surface area contributed by atoms with Gasteiger partial charge in [0, 0.05) is 35.8 Å². The molecule has 0 radical (unpaired) electrons. The van der Waals surface area contributed by atoms with Gasteiger partial charge >= 0.3 is 6.09 Å². The second-order valence-electron chi connectivity index (χ2n) is 6.73. The number of carbonyl (C=O) groups excluding carboxylic acids is 2. The van der Waals surface area contributed by atoms with Crippen molar-refractivity contribution < 1.29 is 14.3 Å². The summed E-state index contributed by atoms with van der Waals surface area (Å²) in [5, 5.41) is 7.39. The van der Waals surface area contributed by atoms with Crippen molar-refractivity contribution in [1.82, 2.24) is 9.78 Å². The number of rotatable bonds is 5. The van der Waals surface area contributed by atoms with Crippen LogP contribution in [0.25, 0.3) is 11.8 Å². The second kappa shape index (κ2) is 9.09. The van der Waals surface area contributed by atoms with E-state index in [4.69, 9.17) is 0 Å². The van der Waals surface area contributed by atoms with Crippen LogP contribution in [-0.4, -0.2) is 35.9 Å². The highest BCUT2D eigenvalue weighted by Gasteiger charge is 2.12. The van der Waals surface area contributed by atoms with Gasteiger partial charge in [0.15, 0.2) is 0 Å². The maximum Gasteiger partial charge on any atom is 0.413 e. The first-order valence-corrected chi connectivity index (χ1v) is 9.43. The molecule has 1 N–H and O–H groups in total. The number of aryl methyl sites for hydroxylation is 1. The van der Waals surface area contributed by atoms with Crippen LogP contribution in [0.4, 0.5) is 16.2 Å². The molecule has 0 atom stereocenters. The number of anilines is 2. The van der Waals surface area contributed by atoms with Crippen LogP contribution < -0.4 is 10.2 Å². The van der Waals surface area contributed by atoms with E-state index in [0.717, 1.165) is 22.6 Å². The van der Waals surface area contributed by atoms with Crippen molar-refractivity contribution in [3.63, 3.8) is 0 Å². The van der Waals surface area contributed by atoms with Gasteiger partial charge in [-0.15, -0.1) is 0 Å². The van der Waals surface area contributed by atoms with Crippen molar-refractivity contribution in [3.8, 4) is 5.69 Å². The number of aromatic nitrogens is 2. The van der Waals surface area contributed by atoms with Gasteiger partial charge in [-0.1, -0.05) is 18.2 Å². The molecule has 0 unspecified atom stereocenters. The molecule has 0 saturated carbocycles. The Bertz CT molecular complexity index is 1070. The van der Waals surface area contributed by atoms with E-state index in [2.05, 4.69) is 15.2 Å². The van der Waals surface area contributed by atoms with Gasteiger partial charge in [-0.2, -0.15) is 5.10 Å². The zero-order chi connectivity index (χ0) is 21.7. The predicted molar refractivity (Wildman–Crippen MR) is 118 cm³/mol. The van der Waals surface area contributed by atoms with Crippen LogP contribution in [0, 0.1) is 13.8 Å². The minimum Gasteiger partial charge on any atom is -0.452 e. The predicted octanol–water partition coefficient (Wildman–Crippen LogP) is 4.34. The van der Waals surface area contributed by atoms with Gasteiger partial charge in [0.25, 0.3) is 0 Å². The van der Waals surface area contributed by atoms with Gasteiger partial charge in [0.2, 0.25) is 5.91 Å². The van der Waals surface area contributed by atoms with Gasteiger partial charge in [0.05, 0.1) is 18.5 Å². The van der Waals surface area contributed by atoms with E-state index in [0.29, 0.717) is 11.4 Å². The lowest BCUT2D eigenvalue weighted by atomic mass is 10.2. The van der Waals surface area contributed by atoms with Gasteiger partial charge in [-0.3, -0.25) is 9.69 Å². The van der Waals surface area contributed by atoms with Gasteiger partial charge in [0.1, 0.15) is 0 Å². The third kappa shape index (κ3) is 4.57. The summed E-state index contributed by atoms with van der Waals surface area (Å²) in [6.45, 7) is 3.89. The third-order valence-corrected chi connectivity index (χ3v) is 4.72. The van der Waals surface area contributed by atoms with Crippen molar-refractivity contribution in [1.29, 1.82) is 0 Å². The van der Waals surface area contributed by atoms with E-state index in [1.165, 1.54) is 18.1 Å². The fourth-order valence-electron chi connectivity index (χ4n) is 3.07. The first-order valence-electron chi connectivity index (χ1n) is 9.43. The molecule has 0 aliphatic carbocycles. The Hall–Kier alpha value is -3.87. The van der Waals surface area contributed by atoms with E-state index in [-0.39, 0.29) is 5.91 Å². The Morgan fingerprint density at radius 1 is 1.07 bits per heavy atom.